The van der Waals surface area contributed by atoms with E-state index in [2.05, 4.69) is 4.18 Å². The Hall–Kier alpha value is -1.08. The Morgan fingerprint density at radius 3 is 2.37 bits per heavy atom. The van der Waals surface area contributed by atoms with Crippen LogP contribution >= 0.6 is 0 Å². The summed E-state index contributed by atoms with van der Waals surface area (Å²) in [6, 6.07) is 5.37. The van der Waals surface area contributed by atoms with E-state index < -0.39 is 21.9 Å². The molecule has 0 saturated carbocycles. The summed E-state index contributed by atoms with van der Waals surface area (Å²) in [5.41, 5.74) is -0.423. The molecule has 3 nitrogen and oxygen atoms in total. The van der Waals surface area contributed by atoms with E-state index in [9.17, 15) is 21.6 Å². The first kappa shape index (κ1) is 16.0. The molecule has 0 N–H and O–H groups in total. The number of unbranched alkanes of at least 4 members (excludes halogenated alkanes) is 1. The molecule has 0 aliphatic rings. The molecule has 0 heterocycles. The Kier molecular flexibility index (Phi) is 5.37. The van der Waals surface area contributed by atoms with Gasteiger partial charge in [0, 0.05) is 0 Å². The van der Waals surface area contributed by atoms with Crippen LogP contribution in [0.5, 0.6) is 0 Å². The van der Waals surface area contributed by atoms with Gasteiger partial charge in [0.15, 0.2) is 0 Å². The predicted molar refractivity (Wildman–Crippen MR) is 65.2 cm³/mol. The molecule has 108 valence electrons. The van der Waals surface area contributed by atoms with E-state index in [1.165, 1.54) is 12.1 Å². The fourth-order valence-corrected chi connectivity index (χ4v) is 2.06. The molecule has 0 fully saturated rings. The second-order valence-corrected chi connectivity index (χ2v) is 5.78. The molecule has 0 aliphatic carbocycles. The van der Waals surface area contributed by atoms with Gasteiger partial charge in [-0.25, -0.2) is 0 Å². The lowest BCUT2D eigenvalue weighted by atomic mass is 10.0. The Labute approximate surface area is 110 Å². The highest BCUT2D eigenvalue weighted by molar-refractivity contribution is 7.85. The molecule has 0 spiro atoms. The van der Waals surface area contributed by atoms with Gasteiger partial charge in [0.2, 0.25) is 0 Å². The molecule has 1 aromatic carbocycles. The third-order valence-electron chi connectivity index (χ3n) is 2.46. The van der Waals surface area contributed by atoms with Crippen molar-refractivity contribution in [3.8, 4) is 0 Å². The minimum atomic E-state index is -4.36. The Morgan fingerprint density at radius 1 is 1.16 bits per heavy atom. The van der Waals surface area contributed by atoms with Crippen molar-refractivity contribution >= 4 is 10.1 Å². The summed E-state index contributed by atoms with van der Waals surface area (Å²) in [6.07, 6.45) is -2.36. The van der Waals surface area contributed by atoms with E-state index in [1.54, 1.807) is 6.07 Å². The number of hydrogen-bond donors (Lipinski definition) is 0. The van der Waals surface area contributed by atoms with Crippen LogP contribution in [-0.4, -0.2) is 21.3 Å². The second-order valence-electron chi connectivity index (χ2n) is 4.14. The highest BCUT2D eigenvalue weighted by Gasteiger charge is 2.32. The van der Waals surface area contributed by atoms with Gasteiger partial charge in [-0.1, -0.05) is 18.2 Å². The number of hydrogen-bond acceptors (Lipinski definition) is 3. The zero-order chi connectivity index (χ0) is 14.5. The predicted octanol–water partition coefficient (Wildman–Crippen LogP) is 3.00. The Morgan fingerprint density at radius 2 is 1.79 bits per heavy atom. The lowest BCUT2D eigenvalue weighted by Crippen LogP contribution is -2.09. The van der Waals surface area contributed by atoms with E-state index in [0.29, 0.717) is 12.8 Å². The minimum Gasteiger partial charge on any atom is -0.270 e. The first-order chi connectivity index (χ1) is 8.70. The molecule has 0 saturated heterocycles. The van der Waals surface area contributed by atoms with Gasteiger partial charge < -0.3 is 0 Å². The van der Waals surface area contributed by atoms with Gasteiger partial charge in [-0.3, -0.25) is 4.18 Å². The third kappa shape index (κ3) is 6.07. The fraction of sp³-hybridized carbons (Fsp3) is 0.500. The number of alkyl halides is 3. The summed E-state index contributed by atoms with van der Waals surface area (Å²) in [5.74, 6) is 0. The van der Waals surface area contributed by atoms with Crippen molar-refractivity contribution in [2.75, 3.05) is 12.9 Å². The van der Waals surface area contributed by atoms with E-state index >= 15 is 0 Å². The summed E-state index contributed by atoms with van der Waals surface area (Å²) in [4.78, 5) is 0. The maximum absolute atomic E-state index is 12.7. The summed E-state index contributed by atoms with van der Waals surface area (Å²) >= 11 is 0. The standard InChI is InChI=1S/C12H15F3O3S/c1-19(16,17)18-9-5-4-7-10-6-2-3-8-11(10)12(13,14)15/h2-3,6,8H,4-5,7,9H2,1H3. The maximum Gasteiger partial charge on any atom is 0.416 e. The molecule has 0 aliphatic heterocycles. The van der Waals surface area contributed by atoms with Gasteiger partial charge >= 0.3 is 6.18 Å². The third-order valence-corrected chi connectivity index (χ3v) is 3.06. The first-order valence-corrected chi connectivity index (χ1v) is 7.51. The molecule has 19 heavy (non-hydrogen) atoms. The fourth-order valence-electron chi connectivity index (χ4n) is 1.64. The van der Waals surface area contributed by atoms with Crippen LogP contribution in [-0.2, 0) is 26.9 Å². The molecule has 0 atom stereocenters. The number of halogens is 3. The first-order valence-electron chi connectivity index (χ1n) is 5.69. The van der Waals surface area contributed by atoms with Crippen LogP contribution in [0, 0.1) is 0 Å². The van der Waals surface area contributed by atoms with Crippen molar-refractivity contribution < 1.29 is 25.8 Å². The normalized spacial score (nSPS) is 12.6. The van der Waals surface area contributed by atoms with Crippen LogP contribution in [0.1, 0.15) is 24.0 Å². The van der Waals surface area contributed by atoms with Crippen LogP contribution in [0.15, 0.2) is 24.3 Å². The summed E-state index contributed by atoms with van der Waals surface area (Å²) in [7, 11) is -3.48. The van der Waals surface area contributed by atoms with Crippen LogP contribution in [0.25, 0.3) is 0 Å². The molecular weight excluding hydrogens is 281 g/mol. The molecular formula is C12H15F3O3S. The highest BCUT2D eigenvalue weighted by atomic mass is 32.2. The van der Waals surface area contributed by atoms with Gasteiger partial charge in [-0.15, -0.1) is 0 Å². The van der Waals surface area contributed by atoms with Gasteiger partial charge in [0.05, 0.1) is 18.4 Å². The van der Waals surface area contributed by atoms with Gasteiger partial charge in [0.25, 0.3) is 10.1 Å². The maximum atomic E-state index is 12.7. The highest BCUT2D eigenvalue weighted by Crippen LogP contribution is 2.32. The summed E-state index contributed by atoms with van der Waals surface area (Å²) in [6.45, 7) is -0.00693. The molecule has 0 bridgehead atoms. The zero-order valence-electron chi connectivity index (χ0n) is 10.4. The monoisotopic (exact) mass is 296 g/mol. The number of benzene rings is 1. The van der Waals surface area contributed by atoms with E-state index in [-0.39, 0.29) is 18.6 Å². The largest absolute Gasteiger partial charge is 0.416 e. The van der Waals surface area contributed by atoms with E-state index in [1.807, 2.05) is 0 Å². The average molecular weight is 296 g/mol. The average Bonchev–Trinajstić information content (AvgIpc) is 2.26. The van der Waals surface area contributed by atoms with Gasteiger partial charge in [0.1, 0.15) is 0 Å². The van der Waals surface area contributed by atoms with Crippen LogP contribution in [0.3, 0.4) is 0 Å². The van der Waals surface area contributed by atoms with Crippen molar-refractivity contribution in [2.45, 2.75) is 25.4 Å². The number of aryl methyl sites for hydroxylation is 1. The van der Waals surface area contributed by atoms with E-state index in [4.69, 9.17) is 0 Å². The summed E-state index contributed by atoms with van der Waals surface area (Å²) in [5, 5.41) is 0. The van der Waals surface area contributed by atoms with Crippen LogP contribution in [0.2, 0.25) is 0 Å². The Balaban J connectivity index is 2.50. The molecule has 0 radical (unpaired) electrons. The second kappa shape index (κ2) is 6.38. The summed E-state index contributed by atoms with van der Waals surface area (Å²) < 4.78 is 63.9. The lowest BCUT2D eigenvalue weighted by Gasteiger charge is -2.12. The van der Waals surface area contributed by atoms with Crippen molar-refractivity contribution in [2.24, 2.45) is 0 Å². The van der Waals surface area contributed by atoms with Crippen molar-refractivity contribution in [1.29, 1.82) is 0 Å². The molecule has 1 rings (SSSR count). The van der Waals surface area contributed by atoms with Crippen molar-refractivity contribution in [3.63, 3.8) is 0 Å². The topological polar surface area (TPSA) is 43.4 Å². The van der Waals surface area contributed by atoms with Crippen molar-refractivity contribution in [3.05, 3.63) is 35.4 Å². The Bertz CT molecular complexity index is 509. The molecule has 0 aromatic heterocycles. The number of rotatable bonds is 6. The van der Waals surface area contributed by atoms with Crippen LogP contribution < -0.4 is 0 Å². The molecule has 0 unspecified atom stereocenters. The zero-order valence-corrected chi connectivity index (χ0v) is 11.2. The van der Waals surface area contributed by atoms with E-state index in [0.717, 1.165) is 12.3 Å². The SMILES string of the molecule is CS(=O)(=O)OCCCCc1ccccc1C(F)(F)F. The van der Waals surface area contributed by atoms with Crippen LogP contribution in [0.4, 0.5) is 13.2 Å². The smallest absolute Gasteiger partial charge is 0.270 e. The van der Waals surface area contributed by atoms with Gasteiger partial charge in [-0.05, 0) is 30.9 Å². The molecule has 0 amide bonds. The quantitative estimate of drug-likeness (QED) is 0.598. The van der Waals surface area contributed by atoms with Crippen molar-refractivity contribution in [1.82, 2.24) is 0 Å². The lowest BCUT2D eigenvalue weighted by molar-refractivity contribution is -0.138. The minimum absolute atomic E-state index is 0.00693. The molecule has 1 aromatic rings. The molecule has 7 heteroatoms. The van der Waals surface area contributed by atoms with Gasteiger partial charge in [-0.2, -0.15) is 21.6 Å².